The average molecular weight is 303 g/mol. The van der Waals surface area contributed by atoms with Crippen molar-refractivity contribution in [2.45, 2.75) is 6.61 Å². The number of furan rings is 1. The molecule has 0 fully saturated rings. The fourth-order valence-corrected chi connectivity index (χ4v) is 2.47. The Morgan fingerprint density at radius 2 is 1.94 bits per heavy atom. The first-order chi connectivity index (χ1) is 8.84. The van der Waals surface area contributed by atoms with E-state index in [1.54, 1.807) is 12.5 Å². The third-order valence-corrected chi connectivity index (χ3v) is 3.62. The lowest BCUT2D eigenvalue weighted by Crippen LogP contribution is -1.94. The Morgan fingerprint density at radius 3 is 2.78 bits per heavy atom. The molecule has 2 nitrogen and oxygen atoms in total. The molecular formula is C15H11BrO2. The molecule has 3 aromatic rings. The van der Waals surface area contributed by atoms with Crippen LogP contribution in [0.4, 0.5) is 0 Å². The van der Waals surface area contributed by atoms with E-state index in [0.717, 1.165) is 21.2 Å². The molecule has 0 aliphatic heterocycles. The second kappa shape index (κ2) is 4.86. The summed E-state index contributed by atoms with van der Waals surface area (Å²) in [4.78, 5) is 0. The van der Waals surface area contributed by atoms with Gasteiger partial charge in [0.1, 0.15) is 12.4 Å². The van der Waals surface area contributed by atoms with Gasteiger partial charge in [-0.25, -0.2) is 0 Å². The third kappa shape index (κ3) is 2.14. The predicted octanol–water partition coefficient (Wildman–Crippen LogP) is 4.77. The number of hydrogen-bond donors (Lipinski definition) is 0. The van der Waals surface area contributed by atoms with Gasteiger partial charge >= 0.3 is 0 Å². The maximum absolute atomic E-state index is 5.78. The first-order valence-corrected chi connectivity index (χ1v) is 6.45. The maximum atomic E-state index is 5.78. The fraction of sp³-hybridized carbons (Fsp3) is 0.0667. The SMILES string of the molecule is Brc1c(OCc2ccoc2)ccc2ccccc12. The van der Waals surface area contributed by atoms with Crippen molar-refractivity contribution >= 4 is 26.7 Å². The summed E-state index contributed by atoms with van der Waals surface area (Å²) in [7, 11) is 0. The minimum Gasteiger partial charge on any atom is -0.488 e. The monoisotopic (exact) mass is 302 g/mol. The summed E-state index contributed by atoms with van der Waals surface area (Å²) >= 11 is 3.60. The number of halogens is 1. The van der Waals surface area contributed by atoms with Gasteiger partial charge in [0.25, 0.3) is 0 Å². The van der Waals surface area contributed by atoms with Crippen LogP contribution in [0.2, 0.25) is 0 Å². The van der Waals surface area contributed by atoms with Gasteiger partial charge in [0.2, 0.25) is 0 Å². The molecule has 1 heterocycles. The van der Waals surface area contributed by atoms with Gasteiger partial charge in [0.15, 0.2) is 0 Å². The summed E-state index contributed by atoms with van der Waals surface area (Å²) in [5, 5.41) is 2.35. The largest absolute Gasteiger partial charge is 0.488 e. The zero-order chi connectivity index (χ0) is 12.4. The highest BCUT2D eigenvalue weighted by Gasteiger charge is 2.06. The Morgan fingerprint density at radius 1 is 1.06 bits per heavy atom. The molecule has 3 rings (SSSR count). The zero-order valence-electron chi connectivity index (χ0n) is 9.60. The fourth-order valence-electron chi connectivity index (χ4n) is 1.86. The molecule has 18 heavy (non-hydrogen) atoms. The predicted molar refractivity (Wildman–Crippen MR) is 74.7 cm³/mol. The number of benzene rings is 2. The van der Waals surface area contributed by atoms with E-state index in [1.807, 2.05) is 24.3 Å². The molecule has 0 saturated heterocycles. The number of hydrogen-bond acceptors (Lipinski definition) is 2. The quantitative estimate of drug-likeness (QED) is 0.695. The molecule has 2 aromatic carbocycles. The average Bonchev–Trinajstić information content (AvgIpc) is 2.91. The van der Waals surface area contributed by atoms with Crippen LogP contribution in [0.3, 0.4) is 0 Å². The van der Waals surface area contributed by atoms with Gasteiger partial charge in [-0.2, -0.15) is 0 Å². The lowest BCUT2D eigenvalue weighted by molar-refractivity contribution is 0.303. The van der Waals surface area contributed by atoms with Gasteiger partial charge in [0, 0.05) is 5.56 Å². The Kier molecular flexibility index (Phi) is 3.07. The zero-order valence-corrected chi connectivity index (χ0v) is 11.2. The molecule has 0 aliphatic rings. The summed E-state index contributed by atoms with van der Waals surface area (Å²) in [6.07, 6.45) is 3.34. The van der Waals surface area contributed by atoms with Crippen LogP contribution in [0.1, 0.15) is 5.56 Å². The molecule has 0 amide bonds. The molecule has 0 N–H and O–H groups in total. The normalized spacial score (nSPS) is 10.7. The topological polar surface area (TPSA) is 22.4 Å². The van der Waals surface area contributed by atoms with Crippen LogP contribution in [0.15, 0.2) is 63.9 Å². The molecule has 0 aliphatic carbocycles. The van der Waals surface area contributed by atoms with Gasteiger partial charge < -0.3 is 9.15 Å². The highest BCUT2D eigenvalue weighted by atomic mass is 79.9. The van der Waals surface area contributed by atoms with Crippen LogP contribution in [-0.2, 0) is 6.61 Å². The molecule has 0 spiro atoms. The lowest BCUT2D eigenvalue weighted by Gasteiger charge is -2.09. The molecule has 3 heteroatoms. The van der Waals surface area contributed by atoms with E-state index >= 15 is 0 Å². The van der Waals surface area contributed by atoms with Gasteiger partial charge in [-0.3, -0.25) is 0 Å². The van der Waals surface area contributed by atoms with E-state index in [-0.39, 0.29) is 0 Å². The van der Waals surface area contributed by atoms with Crippen molar-refractivity contribution in [1.29, 1.82) is 0 Å². The van der Waals surface area contributed by atoms with Crippen LogP contribution in [0, 0.1) is 0 Å². The van der Waals surface area contributed by atoms with Crippen LogP contribution in [0.25, 0.3) is 10.8 Å². The van der Waals surface area contributed by atoms with Crippen LogP contribution >= 0.6 is 15.9 Å². The molecule has 0 atom stereocenters. The van der Waals surface area contributed by atoms with Crippen LogP contribution in [0.5, 0.6) is 5.75 Å². The minimum absolute atomic E-state index is 0.507. The summed E-state index contributed by atoms with van der Waals surface area (Å²) in [5.41, 5.74) is 1.02. The number of fused-ring (bicyclic) bond motifs is 1. The highest BCUT2D eigenvalue weighted by Crippen LogP contribution is 2.33. The van der Waals surface area contributed by atoms with Gasteiger partial charge in [-0.1, -0.05) is 30.3 Å². The molecule has 90 valence electrons. The molecule has 0 bridgehead atoms. The Labute approximate surface area is 113 Å². The Bertz CT molecular complexity index is 659. The third-order valence-electron chi connectivity index (χ3n) is 2.80. The first-order valence-electron chi connectivity index (χ1n) is 5.66. The van der Waals surface area contributed by atoms with Crippen molar-refractivity contribution in [3.05, 3.63) is 65.0 Å². The van der Waals surface area contributed by atoms with Crippen molar-refractivity contribution < 1.29 is 9.15 Å². The van der Waals surface area contributed by atoms with Crippen molar-refractivity contribution in [2.24, 2.45) is 0 Å². The highest BCUT2D eigenvalue weighted by molar-refractivity contribution is 9.10. The number of rotatable bonds is 3. The van der Waals surface area contributed by atoms with E-state index in [2.05, 4.69) is 34.1 Å². The van der Waals surface area contributed by atoms with Gasteiger partial charge in [0.05, 0.1) is 17.0 Å². The molecule has 1 aromatic heterocycles. The summed E-state index contributed by atoms with van der Waals surface area (Å²) in [6, 6.07) is 14.1. The molecular weight excluding hydrogens is 292 g/mol. The van der Waals surface area contributed by atoms with Crippen molar-refractivity contribution in [2.75, 3.05) is 0 Å². The second-order valence-electron chi connectivity index (χ2n) is 4.02. The standard InChI is InChI=1S/C15H11BrO2/c16-15-13-4-2-1-3-12(13)5-6-14(15)18-10-11-7-8-17-9-11/h1-9H,10H2. The van der Waals surface area contributed by atoms with E-state index < -0.39 is 0 Å². The van der Waals surface area contributed by atoms with Crippen molar-refractivity contribution in [3.8, 4) is 5.75 Å². The van der Waals surface area contributed by atoms with Gasteiger partial charge in [-0.05, 0) is 38.8 Å². The summed E-state index contributed by atoms with van der Waals surface area (Å²) in [6.45, 7) is 0.507. The summed E-state index contributed by atoms with van der Waals surface area (Å²) in [5.74, 6) is 0.843. The van der Waals surface area contributed by atoms with E-state index in [4.69, 9.17) is 9.15 Å². The number of ether oxygens (including phenoxy) is 1. The smallest absolute Gasteiger partial charge is 0.134 e. The summed E-state index contributed by atoms with van der Waals surface area (Å²) < 4.78 is 11.8. The molecule has 0 saturated carbocycles. The molecule has 0 unspecified atom stereocenters. The van der Waals surface area contributed by atoms with Crippen LogP contribution < -0.4 is 4.74 Å². The van der Waals surface area contributed by atoms with E-state index in [0.29, 0.717) is 6.61 Å². The van der Waals surface area contributed by atoms with Crippen LogP contribution in [-0.4, -0.2) is 0 Å². The van der Waals surface area contributed by atoms with E-state index in [9.17, 15) is 0 Å². The Balaban J connectivity index is 1.90. The maximum Gasteiger partial charge on any atom is 0.134 e. The molecule has 0 radical (unpaired) electrons. The van der Waals surface area contributed by atoms with Crippen molar-refractivity contribution in [3.63, 3.8) is 0 Å². The Hall–Kier alpha value is -1.74. The van der Waals surface area contributed by atoms with E-state index in [1.165, 1.54) is 5.39 Å². The first kappa shape index (κ1) is 11.4. The van der Waals surface area contributed by atoms with Crippen molar-refractivity contribution in [1.82, 2.24) is 0 Å². The lowest BCUT2D eigenvalue weighted by atomic mass is 10.1. The van der Waals surface area contributed by atoms with Gasteiger partial charge in [-0.15, -0.1) is 0 Å². The second-order valence-corrected chi connectivity index (χ2v) is 4.81. The minimum atomic E-state index is 0.507.